The normalized spacial score (nSPS) is 18.0. The molecule has 2 aromatic rings. The maximum Gasteiger partial charge on any atom is 0.318 e. The second-order valence-electron chi connectivity index (χ2n) is 9.59. The van der Waals surface area contributed by atoms with Crippen molar-refractivity contribution < 1.29 is 19.4 Å². The third-order valence-corrected chi connectivity index (χ3v) is 7.12. The summed E-state index contributed by atoms with van der Waals surface area (Å²) < 4.78 is 11.6. The first kappa shape index (κ1) is 29.5. The minimum Gasteiger partial charge on any atom is -0.479 e. The van der Waals surface area contributed by atoms with Gasteiger partial charge in [-0.15, -0.1) is 0 Å². The lowest BCUT2D eigenvalue weighted by atomic mass is 9.96. The topological polar surface area (TPSA) is 118 Å². The Morgan fingerprint density at radius 3 is 2.53 bits per heavy atom. The first-order valence-electron chi connectivity index (χ1n) is 13.0. The summed E-state index contributed by atoms with van der Waals surface area (Å²) in [7, 11) is 1.55. The van der Waals surface area contributed by atoms with E-state index in [4.69, 9.17) is 21.1 Å². The summed E-state index contributed by atoms with van der Waals surface area (Å²) in [5.74, 6) is 0.324. The number of halogens is 1. The maximum absolute atomic E-state index is 12.8. The van der Waals surface area contributed by atoms with E-state index < -0.39 is 17.3 Å². The molecule has 0 aliphatic carbocycles. The number of amides is 1. The van der Waals surface area contributed by atoms with Gasteiger partial charge in [0.2, 0.25) is 0 Å². The van der Waals surface area contributed by atoms with Crippen LogP contribution < -0.4 is 10.6 Å². The molecule has 9 nitrogen and oxygen atoms in total. The van der Waals surface area contributed by atoms with E-state index in [1.54, 1.807) is 25.4 Å². The van der Waals surface area contributed by atoms with E-state index in [-0.39, 0.29) is 30.2 Å². The Kier molecular flexibility index (Phi) is 9.87. The first-order chi connectivity index (χ1) is 18.1. The van der Waals surface area contributed by atoms with Crippen molar-refractivity contribution in [2.45, 2.75) is 84.3 Å². The Hall–Kier alpha value is -3.01. The Bertz CT molecular complexity index is 1190. The minimum absolute atomic E-state index is 0.0963. The number of benzene rings is 1. The van der Waals surface area contributed by atoms with Crippen molar-refractivity contribution in [3.05, 3.63) is 53.0 Å². The van der Waals surface area contributed by atoms with Crippen LogP contribution in [0.3, 0.4) is 0 Å². The van der Waals surface area contributed by atoms with E-state index in [0.29, 0.717) is 29.0 Å². The molecule has 206 valence electrons. The van der Waals surface area contributed by atoms with Crippen LogP contribution in [0.25, 0.3) is 17.0 Å². The Labute approximate surface area is 229 Å². The lowest BCUT2D eigenvalue weighted by Crippen LogP contribution is -2.47. The van der Waals surface area contributed by atoms with Gasteiger partial charge in [0.05, 0.1) is 11.1 Å². The molecule has 0 spiro atoms. The maximum atomic E-state index is 12.8. The van der Waals surface area contributed by atoms with Crippen LogP contribution in [-0.2, 0) is 20.8 Å². The highest BCUT2D eigenvalue weighted by molar-refractivity contribution is 6.33. The van der Waals surface area contributed by atoms with Gasteiger partial charge in [0.25, 0.3) is 5.91 Å². The van der Waals surface area contributed by atoms with Crippen LogP contribution in [0.1, 0.15) is 71.7 Å². The fraction of sp³-hybridized carbons (Fsp3) is 0.500. The van der Waals surface area contributed by atoms with Crippen LogP contribution >= 0.6 is 11.6 Å². The molecule has 1 aliphatic heterocycles. The van der Waals surface area contributed by atoms with Crippen molar-refractivity contribution in [1.29, 1.82) is 0 Å². The SMILES string of the molecule is CCC[C@@H](C)OC1(C)C=CC(c2nc(O)nc(-c3cc(CNC(=O)C(CC)(CC)OC)ccc3Cl)n2)=CN1. The highest BCUT2D eigenvalue weighted by atomic mass is 35.5. The Morgan fingerprint density at radius 1 is 1.21 bits per heavy atom. The van der Waals surface area contributed by atoms with Crippen LogP contribution in [0, 0.1) is 0 Å². The lowest BCUT2D eigenvalue weighted by Gasteiger charge is -2.33. The van der Waals surface area contributed by atoms with E-state index in [1.807, 2.05) is 45.9 Å². The zero-order chi connectivity index (χ0) is 27.9. The van der Waals surface area contributed by atoms with Crippen LogP contribution in [0.4, 0.5) is 0 Å². The van der Waals surface area contributed by atoms with E-state index in [2.05, 4.69) is 32.5 Å². The van der Waals surface area contributed by atoms with E-state index in [1.165, 1.54) is 0 Å². The molecule has 3 N–H and O–H groups in total. The van der Waals surface area contributed by atoms with Gasteiger partial charge in [-0.2, -0.15) is 9.97 Å². The number of hydrogen-bond donors (Lipinski definition) is 3. The van der Waals surface area contributed by atoms with Crippen molar-refractivity contribution in [1.82, 2.24) is 25.6 Å². The highest BCUT2D eigenvalue weighted by Gasteiger charge is 2.34. The molecule has 10 heteroatoms. The number of rotatable bonds is 12. The molecule has 1 aromatic carbocycles. The molecule has 1 aromatic heterocycles. The summed E-state index contributed by atoms with van der Waals surface area (Å²) in [5.41, 5.74) is 0.436. The molecule has 2 atom stereocenters. The van der Waals surface area contributed by atoms with Crippen molar-refractivity contribution in [3.63, 3.8) is 0 Å². The quantitative estimate of drug-likeness (QED) is 0.337. The van der Waals surface area contributed by atoms with Gasteiger partial charge >= 0.3 is 6.01 Å². The van der Waals surface area contributed by atoms with Gasteiger partial charge in [-0.05, 0) is 63.0 Å². The largest absolute Gasteiger partial charge is 0.479 e. The van der Waals surface area contributed by atoms with Crippen molar-refractivity contribution in [3.8, 4) is 17.4 Å². The molecule has 3 rings (SSSR count). The Balaban J connectivity index is 1.82. The predicted molar refractivity (Wildman–Crippen MR) is 148 cm³/mol. The number of allylic oxidation sites excluding steroid dienone is 2. The number of aromatic hydroxyl groups is 1. The van der Waals surface area contributed by atoms with Gasteiger partial charge in [-0.3, -0.25) is 4.79 Å². The number of nitrogens with zero attached hydrogens (tertiary/aromatic N) is 3. The molecule has 1 unspecified atom stereocenters. The van der Waals surface area contributed by atoms with Crippen LogP contribution in [0.2, 0.25) is 5.02 Å². The first-order valence-corrected chi connectivity index (χ1v) is 13.4. The fourth-order valence-electron chi connectivity index (χ4n) is 4.43. The van der Waals surface area contributed by atoms with Gasteiger partial charge in [-0.25, -0.2) is 4.98 Å². The molecule has 38 heavy (non-hydrogen) atoms. The summed E-state index contributed by atoms with van der Waals surface area (Å²) >= 11 is 6.49. The molecule has 0 fully saturated rings. The zero-order valence-corrected chi connectivity index (χ0v) is 23.7. The fourth-order valence-corrected chi connectivity index (χ4v) is 4.63. The van der Waals surface area contributed by atoms with Gasteiger partial charge in [0.1, 0.15) is 5.60 Å². The average molecular weight is 544 g/mol. The van der Waals surface area contributed by atoms with E-state index in [9.17, 15) is 9.90 Å². The minimum atomic E-state index is -0.866. The van der Waals surface area contributed by atoms with Crippen LogP contribution in [0.15, 0.2) is 36.6 Å². The molecule has 0 radical (unpaired) electrons. The second kappa shape index (κ2) is 12.7. The zero-order valence-electron chi connectivity index (χ0n) is 23.0. The molecule has 1 amide bonds. The number of dihydropyridines is 1. The third-order valence-electron chi connectivity index (χ3n) is 6.79. The molecule has 2 heterocycles. The van der Waals surface area contributed by atoms with E-state index in [0.717, 1.165) is 18.4 Å². The van der Waals surface area contributed by atoms with E-state index >= 15 is 0 Å². The molecular weight excluding hydrogens is 506 g/mol. The predicted octanol–water partition coefficient (Wildman–Crippen LogP) is 5.14. The van der Waals surface area contributed by atoms with Gasteiger partial charge < -0.3 is 25.2 Å². The number of methoxy groups -OCH3 is 1. The Morgan fingerprint density at radius 2 is 1.92 bits per heavy atom. The second-order valence-corrected chi connectivity index (χ2v) is 9.99. The third kappa shape index (κ3) is 6.89. The summed E-state index contributed by atoms with van der Waals surface area (Å²) in [5, 5.41) is 16.9. The lowest BCUT2D eigenvalue weighted by molar-refractivity contribution is -0.144. The van der Waals surface area contributed by atoms with Crippen molar-refractivity contribution in [2.24, 2.45) is 0 Å². The summed E-state index contributed by atoms with van der Waals surface area (Å²) in [6, 6.07) is 4.89. The highest BCUT2D eigenvalue weighted by Crippen LogP contribution is 2.30. The monoisotopic (exact) mass is 543 g/mol. The number of nitrogens with one attached hydrogen (secondary N) is 2. The molecule has 0 saturated heterocycles. The number of carbonyl (C=O) groups excluding carboxylic acids is 1. The van der Waals surface area contributed by atoms with Crippen molar-refractivity contribution in [2.75, 3.05) is 7.11 Å². The number of hydrogen-bond acceptors (Lipinski definition) is 8. The van der Waals surface area contributed by atoms with Gasteiger partial charge in [0, 0.05) is 31.0 Å². The summed E-state index contributed by atoms with van der Waals surface area (Å²) in [6.07, 6.45) is 8.73. The van der Waals surface area contributed by atoms with Gasteiger partial charge in [0.15, 0.2) is 17.4 Å². The van der Waals surface area contributed by atoms with Gasteiger partial charge in [-0.1, -0.05) is 44.9 Å². The molecule has 0 bridgehead atoms. The summed E-state index contributed by atoms with van der Waals surface area (Å²) in [6.45, 7) is 10.2. The smallest absolute Gasteiger partial charge is 0.318 e. The number of aromatic nitrogens is 3. The molecular formula is C28H38ClN5O4. The van der Waals surface area contributed by atoms with Crippen LogP contribution in [0.5, 0.6) is 6.01 Å². The number of carbonyl (C=O) groups is 1. The number of ether oxygens (including phenoxy) is 2. The molecule has 0 saturated carbocycles. The summed E-state index contributed by atoms with van der Waals surface area (Å²) in [4.78, 5) is 25.6. The standard InChI is InChI=1S/C28H38ClN5O4/c1-7-10-18(4)38-27(5)14-13-20(17-31-27)23-32-24(34-26(36)33-23)21-15-19(11-12-22(21)29)16-30-25(35)28(8-2,9-3)37-6/h11-15,17-18,31H,7-10,16H2,1-6H3,(H,30,35)(H,32,33,34,36)/t18-,27?/m1/s1. The molecule has 1 aliphatic rings. The van der Waals surface area contributed by atoms with Crippen LogP contribution in [-0.4, -0.2) is 50.5 Å². The average Bonchev–Trinajstić information content (AvgIpc) is 2.89. The van der Waals surface area contributed by atoms with Crippen molar-refractivity contribution >= 4 is 23.1 Å².